The van der Waals surface area contributed by atoms with Crippen molar-refractivity contribution in [2.45, 2.75) is 61.0 Å². The number of carbonyl (C=O) groups is 3. The Morgan fingerprint density at radius 3 is 2.63 bits per heavy atom. The Morgan fingerprint density at radius 1 is 1.10 bits per heavy atom. The molecular weight excluding hydrogens is 536 g/mol. The molecule has 2 aromatic carbocycles. The van der Waals surface area contributed by atoms with E-state index in [2.05, 4.69) is 13.2 Å². The van der Waals surface area contributed by atoms with Crippen LogP contribution in [0.2, 0.25) is 0 Å². The van der Waals surface area contributed by atoms with Crippen LogP contribution in [-0.4, -0.2) is 70.1 Å². The van der Waals surface area contributed by atoms with Crippen LogP contribution in [0, 0.1) is 11.8 Å². The Morgan fingerprint density at radius 2 is 1.88 bits per heavy atom. The van der Waals surface area contributed by atoms with E-state index in [4.69, 9.17) is 4.74 Å². The molecule has 0 aromatic heterocycles. The first-order chi connectivity index (χ1) is 20.0. The zero-order chi connectivity index (χ0) is 29.0. The first kappa shape index (κ1) is 29.4. The molecule has 8 heteroatoms. The fourth-order valence-corrected chi connectivity index (χ4v) is 9.17. The van der Waals surface area contributed by atoms with Crippen LogP contribution >= 0.6 is 11.8 Å². The van der Waals surface area contributed by atoms with Crippen molar-refractivity contribution in [2.75, 3.05) is 31.2 Å². The van der Waals surface area contributed by atoms with Gasteiger partial charge in [-0.3, -0.25) is 14.4 Å². The molecule has 2 amide bonds. The molecular formula is C33H40N2O5S. The number of aliphatic hydroxyl groups excluding tert-OH is 1. The summed E-state index contributed by atoms with van der Waals surface area (Å²) in [5.74, 6) is -1.69. The number of unbranched alkanes of at least 4 members (excludes halogenated alkanes) is 3. The van der Waals surface area contributed by atoms with Gasteiger partial charge in [-0.1, -0.05) is 55.3 Å². The van der Waals surface area contributed by atoms with Crippen LogP contribution in [0.1, 0.15) is 44.9 Å². The number of carbonyl (C=O) groups excluding carboxylic acids is 3. The van der Waals surface area contributed by atoms with Crippen LogP contribution in [0.5, 0.6) is 0 Å². The van der Waals surface area contributed by atoms with Gasteiger partial charge in [0.05, 0.1) is 23.2 Å². The van der Waals surface area contributed by atoms with E-state index in [1.807, 2.05) is 42.5 Å². The largest absolute Gasteiger partial charge is 0.465 e. The Bertz CT molecular complexity index is 1310. The van der Waals surface area contributed by atoms with E-state index in [9.17, 15) is 19.5 Å². The molecule has 3 fully saturated rings. The third-order valence-electron chi connectivity index (χ3n) is 8.80. The smallest absolute Gasteiger partial charge is 0.310 e. The van der Waals surface area contributed by atoms with Gasteiger partial charge in [-0.25, -0.2) is 0 Å². The predicted octanol–water partition coefficient (Wildman–Crippen LogP) is 5.12. The summed E-state index contributed by atoms with van der Waals surface area (Å²) in [5.41, 5.74) is 0.765. The van der Waals surface area contributed by atoms with Crippen molar-refractivity contribution >= 4 is 46.0 Å². The Balaban J connectivity index is 1.49. The predicted molar refractivity (Wildman–Crippen MR) is 164 cm³/mol. The van der Waals surface area contributed by atoms with E-state index < -0.39 is 22.6 Å². The fourth-order valence-electron chi connectivity index (χ4n) is 6.97. The normalized spacial score (nSPS) is 26.3. The Labute approximate surface area is 246 Å². The molecule has 2 aromatic rings. The number of anilines is 1. The summed E-state index contributed by atoms with van der Waals surface area (Å²) in [6.07, 6.45) is 8.65. The van der Waals surface area contributed by atoms with Crippen LogP contribution < -0.4 is 4.90 Å². The first-order valence-electron chi connectivity index (χ1n) is 14.7. The molecule has 3 heterocycles. The minimum absolute atomic E-state index is 0.0318. The van der Waals surface area contributed by atoms with Crippen LogP contribution in [0.4, 0.5) is 5.69 Å². The molecule has 41 heavy (non-hydrogen) atoms. The summed E-state index contributed by atoms with van der Waals surface area (Å²) in [5, 5.41) is 11.3. The number of fused-ring (bicyclic) bond motifs is 2. The molecule has 2 bridgehead atoms. The summed E-state index contributed by atoms with van der Waals surface area (Å²) in [4.78, 5) is 45.7. The fraction of sp³-hybridized carbons (Fsp3) is 0.485. The monoisotopic (exact) mass is 576 g/mol. The molecule has 5 rings (SSSR count). The molecule has 3 aliphatic rings. The van der Waals surface area contributed by atoms with Gasteiger partial charge in [0.25, 0.3) is 5.91 Å². The lowest BCUT2D eigenvalue weighted by molar-refractivity contribution is -0.154. The number of nitrogens with zero attached hydrogens (tertiary/aromatic N) is 2. The summed E-state index contributed by atoms with van der Waals surface area (Å²) >= 11 is 1.66. The van der Waals surface area contributed by atoms with Crippen LogP contribution in [0.3, 0.4) is 0 Å². The lowest BCUT2D eigenvalue weighted by atomic mass is 9.71. The number of ether oxygens (including phenoxy) is 1. The highest BCUT2D eigenvalue weighted by molar-refractivity contribution is 8.02. The second-order valence-electron chi connectivity index (χ2n) is 11.2. The molecule has 3 saturated heterocycles. The Kier molecular flexibility index (Phi) is 9.19. The Hall–Kier alpha value is -3.10. The number of amides is 2. The number of thioether (sulfide) groups is 1. The minimum atomic E-state index is -0.676. The van der Waals surface area contributed by atoms with Gasteiger partial charge in [0, 0.05) is 30.6 Å². The van der Waals surface area contributed by atoms with Crippen molar-refractivity contribution < 1.29 is 24.2 Å². The lowest BCUT2D eigenvalue weighted by Gasteiger charge is -2.37. The highest BCUT2D eigenvalue weighted by Crippen LogP contribution is 2.66. The zero-order valence-corrected chi connectivity index (χ0v) is 24.4. The average molecular weight is 577 g/mol. The lowest BCUT2D eigenvalue weighted by Crippen LogP contribution is -2.55. The van der Waals surface area contributed by atoms with Gasteiger partial charge in [0.1, 0.15) is 6.04 Å². The van der Waals surface area contributed by atoms with Crippen molar-refractivity contribution in [3.63, 3.8) is 0 Å². The molecule has 218 valence electrons. The van der Waals surface area contributed by atoms with Crippen LogP contribution in [-0.2, 0) is 19.1 Å². The summed E-state index contributed by atoms with van der Waals surface area (Å²) in [7, 11) is 0. The van der Waals surface area contributed by atoms with E-state index in [0.29, 0.717) is 32.4 Å². The van der Waals surface area contributed by atoms with Gasteiger partial charge >= 0.3 is 5.97 Å². The van der Waals surface area contributed by atoms with Gasteiger partial charge in [0.2, 0.25) is 5.91 Å². The molecule has 5 atom stereocenters. The van der Waals surface area contributed by atoms with Crippen molar-refractivity contribution in [3.05, 3.63) is 67.8 Å². The highest BCUT2D eigenvalue weighted by atomic mass is 32.2. The third-order valence-corrected chi connectivity index (χ3v) is 10.8. The van der Waals surface area contributed by atoms with Gasteiger partial charge in [-0.15, -0.1) is 24.9 Å². The first-order valence-corrected chi connectivity index (χ1v) is 15.6. The summed E-state index contributed by atoms with van der Waals surface area (Å²) < 4.78 is 4.93. The number of rotatable bonds is 14. The molecule has 3 aliphatic heterocycles. The van der Waals surface area contributed by atoms with Crippen molar-refractivity contribution in [3.8, 4) is 0 Å². The number of aliphatic hydroxyl groups is 1. The van der Waals surface area contributed by atoms with Gasteiger partial charge < -0.3 is 19.6 Å². The second kappa shape index (κ2) is 12.8. The van der Waals surface area contributed by atoms with Gasteiger partial charge in [-0.2, -0.15) is 0 Å². The maximum atomic E-state index is 14.7. The number of hydrogen-bond acceptors (Lipinski definition) is 6. The van der Waals surface area contributed by atoms with Crippen molar-refractivity contribution in [1.29, 1.82) is 0 Å². The number of benzene rings is 2. The minimum Gasteiger partial charge on any atom is -0.465 e. The van der Waals surface area contributed by atoms with E-state index >= 15 is 0 Å². The summed E-state index contributed by atoms with van der Waals surface area (Å²) in [6.45, 7) is 8.77. The van der Waals surface area contributed by atoms with Crippen molar-refractivity contribution in [1.82, 2.24) is 4.90 Å². The number of likely N-dealkylation sites (tertiary alicyclic amines) is 1. The highest BCUT2D eigenvalue weighted by Gasteiger charge is 2.74. The second-order valence-corrected chi connectivity index (χ2v) is 12.8. The van der Waals surface area contributed by atoms with Crippen molar-refractivity contribution in [2.24, 2.45) is 11.8 Å². The summed E-state index contributed by atoms with van der Waals surface area (Å²) in [6, 6.07) is 13.3. The zero-order valence-electron chi connectivity index (χ0n) is 23.6. The average Bonchev–Trinajstić information content (AvgIpc) is 3.62. The van der Waals surface area contributed by atoms with E-state index in [1.54, 1.807) is 33.7 Å². The maximum absolute atomic E-state index is 14.7. The van der Waals surface area contributed by atoms with E-state index in [1.165, 1.54) is 0 Å². The molecule has 2 unspecified atom stereocenters. The van der Waals surface area contributed by atoms with Crippen LogP contribution in [0.25, 0.3) is 10.8 Å². The quantitative estimate of drug-likeness (QED) is 0.191. The van der Waals surface area contributed by atoms with Gasteiger partial charge in [-0.05, 0) is 55.0 Å². The molecule has 0 saturated carbocycles. The molecule has 0 radical (unpaired) electrons. The van der Waals surface area contributed by atoms with E-state index in [-0.39, 0.29) is 36.2 Å². The molecule has 1 spiro atoms. The number of hydrogen-bond donors (Lipinski definition) is 1. The van der Waals surface area contributed by atoms with E-state index in [0.717, 1.165) is 42.1 Å². The number of esters is 1. The standard InChI is InChI=1S/C33H40N2O5S/c1-3-5-21-40-32(39)27-26-16-17-33(41-26)28(27)30(37)35(19-10-6-7-11-20-36)29(33)31(38)34(18-4-2)25-15-14-23-12-8-9-13-24(23)22-25/h3-4,8-9,12-15,22,26-29,36H,1-2,5-7,10-11,16-21H2/t26-,27+,28-,29?,33?/m0/s1. The SMILES string of the molecule is C=CCCOC(=O)[C@@H]1[C@@H]2CCC3(S2)C(C(=O)N(CC=C)c2ccc4ccccc4c2)N(CCCCCCO)C(=O)[C@H]13. The molecule has 1 N–H and O–H groups in total. The third kappa shape index (κ3) is 5.44. The topological polar surface area (TPSA) is 87.2 Å². The molecule has 0 aliphatic carbocycles. The molecule has 7 nitrogen and oxygen atoms in total. The van der Waals surface area contributed by atoms with Gasteiger partial charge in [0.15, 0.2) is 0 Å². The maximum Gasteiger partial charge on any atom is 0.310 e. The van der Waals surface area contributed by atoms with Crippen LogP contribution in [0.15, 0.2) is 67.8 Å².